The fourth-order valence-electron chi connectivity index (χ4n) is 5.21. The minimum absolute atomic E-state index is 0.0731. The van der Waals surface area contributed by atoms with Crippen molar-refractivity contribution in [3.8, 4) is 45.6 Å². The summed E-state index contributed by atoms with van der Waals surface area (Å²) in [6.07, 6.45) is 0.673. The highest BCUT2D eigenvalue weighted by atomic mass is 16.7. The summed E-state index contributed by atoms with van der Waals surface area (Å²) in [6, 6.07) is 13.7. The molecule has 0 saturated heterocycles. The molecule has 6 rings (SSSR count). The van der Waals surface area contributed by atoms with Crippen LogP contribution in [0.15, 0.2) is 53.6 Å². The maximum Gasteiger partial charge on any atom is 0.231 e. The van der Waals surface area contributed by atoms with Gasteiger partial charge < -0.3 is 33.2 Å². The van der Waals surface area contributed by atoms with Gasteiger partial charge in [0.2, 0.25) is 25.1 Å². The number of aldehydes is 1. The van der Waals surface area contributed by atoms with Gasteiger partial charge in [-0.05, 0) is 41.3 Å². The van der Waals surface area contributed by atoms with Gasteiger partial charge in [0.15, 0.2) is 23.0 Å². The molecule has 0 spiro atoms. The molecule has 0 saturated carbocycles. The lowest BCUT2D eigenvalue weighted by Crippen LogP contribution is -2.15. The summed E-state index contributed by atoms with van der Waals surface area (Å²) < 4.78 is 41.5. The van der Waals surface area contributed by atoms with Crippen LogP contribution in [0, 0.1) is 0 Å². The highest BCUT2D eigenvalue weighted by Gasteiger charge is 2.37. The number of allylic oxidation sites excluding steroid dienone is 1. The number of rotatable bonds is 6. The summed E-state index contributed by atoms with van der Waals surface area (Å²) in [5.74, 6) is 3.12. The Morgan fingerprint density at radius 3 is 2.19 bits per heavy atom. The SMILES string of the molecule is COc1c2c(cc3c1-c1c(cc4c(c1OC)OCO4)[C@@H](OCc1ccccc1)/C(C)=C(/C=O)C3)OCO2. The Hall–Kier alpha value is -4.17. The first-order valence-corrected chi connectivity index (χ1v) is 11.9. The van der Waals surface area contributed by atoms with Crippen LogP contribution in [0.25, 0.3) is 11.1 Å². The Balaban J connectivity index is 1.65. The van der Waals surface area contributed by atoms with Crippen molar-refractivity contribution >= 4 is 6.29 Å². The summed E-state index contributed by atoms with van der Waals surface area (Å²) in [7, 11) is 3.18. The average molecular weight is 503 g/mol. The molecule has 1 aliphatic carbocycles. The molecule has 0 bridgehead atoms. The van der Waals surface area contributed by atoms with Gasteiger partial charge >= 0.3 is 0 Å². The van der Waals surface area contributed by atoms with Gasteiger partial charge in [-0.15, -0.1) is 0 Å². The molecule has 190 valence electrons. The number of fused-ring (bicyclic) bond motifs is 5. The molecule has 8 nitrogen and oxygen atoms in total. The van der Waals surface area contributed by atoms with E-state index in [2.05, 4.69) is 0 Å². The molecule has 2 heterocycles. The standard InChI is InChI=1S/C29H26O8/c1-16-19(12-30)9-18-10-21-26(36-14-34-21)28(31-2)23(18)24-20(11-22-27(29(24)32-3)37-15-35-22)25(16)33-13-17-7-5-4-6-8-17/h4-8,10-12,25H,9,13-15H2,1-3H3/b19-16+/t25-/m0/s1. The lowest BCUT2D eigenvalue weighted by Gasteiger charge is -2.29. The molecular formula is C29H26O8. The van der Waals surface area contributed by atoms with Crippen molar-refractivity contribution < 1.29 is 38.0 Å². The quantitative estimate of drug-likeness (QED) is 0.428. The fourth-order valence-corrected chi connectivity index (χ4v) is 5.21. The van der Waals surface area contributed by atoms with Crippen molar-refractivity contribution in [2.75, 3.05) is 27.8 Å². The molecule has 37 heavy (non-hydrogen) atoms. The van der Waals surface area contributed by atoms with Gasteiger partial charge in [-0.1, -0.05) is 30.3 Å². The lowest BCUT2D eigenvalue weighted by molar-refractivity contribution is -0.105. The first kappa shape index (κ1) is 23.2. The maximum atomic E-state index is 12.4. The maximum absolute atomic E-state index is 12.4. The topological polar surface area (TPSA) is 81.7 Å². The van der Waals surface area contributed by atoms with E-state index in [-0.39, 0.29) is 13.6 Å². The van der Waals surface area contributed by atoms with Crippen molar-refractivity contribution in [3.05, 3.63) is 70.3 Å². The Morgan fingerprint density at radius 2 is 1.54 bits per heavy atom. The van der Waals surface area contributed by atoms with E-state index in [1.165, 1.54) is 0 Å². The van der Waals surface area contributed by atoms with E-state index in [1.807, 2.05) is 49.4 Å². The van der Waals surface area contributed by atoms with Crippen LogP contribution in [-0.4, -0.2) is 34.1 Å². The number of methoxy groups -OCH3 is 2. The zero-order chi connectivity index (χ0) is 25.5. The predicted molar refractivity (Wildman–Crippen MR) is 134 cm³/mol. The van der Waals surface area contributed by atoms with Gasteiger partial charge in [0.1, 0.15) is 12.4 Å². The molecule has 0 amide bonds. The van der Waals surface area contributed by atoms with Gasteiger partial charge in [-0.25, -0.2) is 0 Å². The normalized spacial score (nSPS) is 18.9. The zero-order valence-electron chi connectivity index (χ0n) is 20.8. The van der Waals surface area contributed by atoms with Gasteiger partial charge in [0.05, 0.1) is 20.8 Å². The Morgan fingerprint density at radius 1 is 0.892 bits per heavy atom. The summed E-state index contributed by atoms with van der Waals surface area (Å²) in [5.41, 5.74) is 5.50. The molecule has 0 unspecified atom stereocenters. The van der Waals surface area contributed by atoms with Gasteiger partial charge in [-0.3, -0.25) is 4.79 Å². The molecular weight excluding hydrogens is 476 g/mol. The largest absolute Gasteiger partial charge is 0.492 e. The van der Waals surface area contributed by atoms with Crippen molar-refractivity contribution in [1.29, 1.82) is 0 Å². The summed E-state index contributed by atoms with van der Waals surface area (Å²) in [5, 5.41) is 0. The van der Waals surface area contributed by atoms with E-state index >= 15 is 0 Å². The first-order chi connectivity index (χ1) is 18.1. The second-order valence-electron chi connectivity index (χ2n) is 8.97. The third-order valence-electron chi connectivity index (χ3n) is 6.97. The summed E-state index contributed by atoms with van der Waals surface area (Å²) in [6.45, 7) is 2.42. The van der Waals surface area contributed by atoms with Gasteiger partial charge in [-0.2, -0.15) is 0 Å². The van der Waals surface area contributed by atoms with E-state index in [1.54, 1.807) is 14.2 Å². The smallest absolute Gasteiger partial charge is 0.231 e. The summed E-state index contributed by atoms with van der Waals surface area (Å²) >= 11 is 0. The molecule has 0 fully saturated rings. The Bertz CT molecular complexity index is 1410. The molecule has 0 N–H and O–H groups in total. The van der Waals surface area contributed by atoms with Crippen LogP contribution in [0.4, 0.5) is 0 Å². The number of ether oxygens (including phenoxy) is 7. The van der Waals surface area contributed by atoms with Crippen LogP contribution < -0.4 is 28.4 Å². The highest BCUT2D eigenvalue weighted by Crippen LogP contribution is 2.58. The van der Waals surface area contributed by atoms with Crippen LogP contribution >= 0.6 is 0 Å². The molecule has 0 radical (unpaired) electrons. The molecule has 2 aliphatic heterocycles. The average Bonchev–Trinajstić information content (AvgIpc) is 3.59. The number of benzene rings is 3. The lowest BCUT2D eigenvalue weighted by atomic mass is 9.82. The molecule has 3 aliphatic rings. The fraction of sp³-hybridized carbons (Fsp3) is 0.276. The Labute approximate surface area is 214 Å². The number of carbonyl (C=O) groups excluding carboxylic acids is 1. The van der Waals surface area contributed by atoms with E-state index in [9.17, 15) is 4.79 Å². The summed E-state index contributed by atoms with van der Waals surface area (Å²) in [4.78, 5) is 12.4. The van der Waals surface area contributed by atoms with Crippen LogP contribution in [0.1, 0.15) is 29.7 Å². The third kappa shape index (κ3) is 3.76. The zero-order valence-corrected chi connectivity index (χ0v) is 20.8. The van der Waals surface area contributed by atoms with Crippen LogP contribution in [-0.2, 0) is 22.6 Å². The van der Waals surface area contributed by atoms with Crippen molar-refractivity contribution in [3.63, 3.8) is 0 Å². The second kappa shape index (κ2) is 9.37. The number of hydrogen-bond donors (Lipinski definition) is 0. The van der Waals surface area contributed by atoms with E-state index < -0.39 is 6.10 Å². The molecule has 8 heteroatoms. The van der Waals surface area contributed by atoms with E-state index in [4.69, 9.17) is 33.2 Å². The highest BCUT2D eigenvalue weighted by molar-refractivity contribution is 5.91. The molecule has 0 aromatic heterocycles. The van der Waals surface area contributed by atoms with Gasteiger partial charge in [0, 0.05) is 23.1 Å². The van der Waals surface area contributed by atoms with Crippen LogP contribution in [0.5, 0.6) is 34.5 Å². The third-order valence-corrected chi connectivity index (χ3v) is 6.97. The predicted octanol–water partition coefficient (Wildman–Crippen LogP) is 5.16. The second-order valence-corrected chi connectivity index (χ2v) is 8.97. The van der Waals surface area contributed by atoms with E-state index in [0.29, 0.717) is 53.1 Å². The minimum atomic E-state index is -0.568. The van der Waals surface area contributed by atoms with Crippen molar-refractivity contribution in [2.24, 2.45) is 0 Å². The van der Waals surface area contributed by atoms with Crippen molar-refractivity contribution in [2.45, 2.75) is 26.1 Å². The molecule has 3 aromatic carbocycles. The Kier molecular flexibility index (Phi) is 5.88. The van der Waals surface area contributed by atoms with Crippen LogP contribution in [0.3, 0.4) is 0 Å². The number of carbonyl (C=O) groups is 1. The van der Waals surface area contributed by atoms with Gasteiger partial charge in [0.25, 0.3) is 0 Å². The van der Waals surface area contributed by atoms with Crippen LogP contribution in [0.2, 0.25) is 0 Å². The monoisotopic (exact) mass is 502 g/mol. The van der Waals surface area contributed by atoms with Crippen molar-refractivity contribution in [1.82, 2.24) is 0 Å². The minimum Gasteiger partial charge on any atom is -0.492 e. The molecule has 1 atom stereocenters. The molecule has 3 aromatic rings. The first-order valence-electron chi connectivity index (χ1n) is 11.9. The number of hydrogen-bond acceptors (Lipinski definition) is 8. The van der Waals surface area contributed by atoms with E-state index in [0.717, 1.165) is 39.7 Å².